The van der Waals surface area contributed by atoms with Gasteiger partial charge in [0.1, 0.15) is 17.3 Å². The second-order valence-corrected chi connectivity index (χ2v) is 6.30. The molecule has 0 radical (unpaired) electrons. The van der Waals surface area contributed by atoms with Gasteiger partial charge in [-0.25, -0.2) is 4.39 Å². The highest BCUT2D eigenvalue weighted by atomic mass is 32.1. The number of hydrazine groups is 1. The van der Waals surface area contributed by atoms with Crippen molar-refractivity contribution >= 4 is 35.0 Å². The first kappa shape index (κ1) is 20.0. The average Bonchev–Trinajstić information content (AvgIpc) is 2.73. The fourth-order valence-electron chi connectivity index (χ4n) is 2.33. The molecule has 0 heterocycles. The molecule has 0 bridgehead atoms. The third-order valence-corrected chi connectivity index (χ3v) is 3.87. The van der Waals surface area contributed by atoms with Crippen molar-refractivity contribution < 1.29 is 13.9 Å². The standard InChI is InChI=1S/C22H18FN3O2S/c23-17-10-12-18(13-11-17)24-22(29)26-25-21(27)14-9-16-5-4-8-20(15-16)28-19-6-2-1-3-7-19/h1-15H,(H,25,27)(H2,24,26,29)/b14-9+. The number of thiocarbonyl (C=S) groups is 1. The molecule has 0 aliphatic heterocycles. The van der Waals surface area contributed by atoms with Crippen LogP contribution >= 0.6 is 12.2 Å². The lowest BCUT2D eigenvalue weighted by Gasteiger charge is -2.10. The van der Waals surface area contributed by atoms with Gasteiger partial charge in [0, 0.05) is 11.8 Å². The SMILES string of the molecule is O=C(/C=C/c1cccc(Oc2ccccc2)c1)NNC(=S)Nc1ccc(F)cc1. The molecule has 146 valence electrons. The fraction of sp³-hybridized carbons (Fsp3) is 0. The van der Waals surface area contributed by atoms with Crippen molar-refractivity contribution in [2.24, 2.45) is 0 Å². The number of amides is 1. The number of ether oxygens (including phenoxy) is 1. The number of halogens is 1. The van der Waals surface area contributed by atoms with Crippen LogP contribution in [0.25, 0.3) is 6.08 Å². The number of rotatable bonds is 5. The summed E-state index contributed by atoms with van der Waals surface area (Å²) in [6.45, 7) is 0. The van der Waals surface area contributed by atoms with Crippen LogP contribution in [0.3, 0.4) is 0 Å². The Morgan fingerprint density at radius 1 is 0.897 bits per heavy atom. The molecule has 29 heavy (non-hydrogen) atoms. The lowest BCUT2D eigenvalue weighted by Crippen LogP contribution is -2.43. The average molecular weight is 407 g/mol. The summed E-state index contributed by atoms with van der Waals surface area (Å²) in [4.78, 5) is 12.0. The number of nitrogens with one attached hydrogen (secondary N) is 3. The number of anilines is 1. The van der Waals surface area contributed by atoms with E-state index >= 15 is 0 Å². The van der Waals surface area contributed by atoms with Crippen molar-refractivity contribution in [2.45, 2.75) is 0 Å². The van der Waals surface area contributed by atoms with Crippen LogP contribution in [0.1, 0.15) is 5.56 Å². The summed E-state index contributed by atoms with van der Waals surface area (Å²) >= 11 is 5.07. The molecule has 0 aliphatic carbocycles. The zero-order valence-corrected chi connectivity index (χ0v) is 16.1. The van der Waals surface area contributed by atoms with Gasteiger partial charge in [-0.15, -0.1) is 0 Å². The lowest BCUT2D eigenvalue weighted by molar-refractivity contribution is -0.116. The topological polar surface area (TPSA) is 62.4 Å². The van der Waals surface area contributed by atoms with Crippen LogP contribution in [-0.2, 0) is 4.79 Å². The van der Waals surface area contributed by atoms with E-state index in [1.807, 2.05) is 54.6 Å². The number of carbonyl (C=O) groups excluding carboxylic acids is 1. The molecular formula is C22H18FN3O2S. The summed E-state index contributed by atoms with van der Waals surface area (Å²) in [7, 11) is 0. The smallest absolute Gasteiger partial charge is 0.262 e. The number of para-hydroxylation sites is 1. The van der Waals surface area contributed by atoms with E-state index in [2.05, 4.69) is 16.2 Å². The summed E-state index contributed by atoms with van der Waals surface area (Å²) < 4.78 is 18.7. The molecule has 0 fully saturated rings. The summed E-state index contributed by atoms with van der Waals surface area (Å²) in [6.07, 6.45) is 3.03. The molecular weight excluding hydrogens is 389 g/mol. The van der Waals surface area contributed by atoms with E-state index in [1.54, 1.807) is 6.08 Å². The Kier molecular flexibility index (Phi) is 6.91. The van der Waals surface area contributed by atoms with E-state index in [9.17, 15) is 9.18 Å². The molecule has 3 aromatic rings. The van der Waals surface area contributed by atoms with Crippen LogP contribution in [0.15, 0.2) is 84.9 Å². The van der Waals surface area contributed by atoms with Gasteiger partial charge in [-0.2, -0.15) is 0 Å². The molecule has 0 saturated heterocycles. The predicted molar refractivity (Wildman–Crippen MR) is 116 cm³/mol. The molecule has 0 saturated carbocycles. The van der Waals surface area contributed by atoms with Gasteiger partial charge in [0.2, 0.25) is 0 Å². The quantitative estimate of drug-likeness (QED) is 0.327. The fourth-order valence-corrected chi connectivity index (χ4v) is 2.50. The Morgan fingerprint density at radius 2 is 1.62 bits per heavy atom. The second-order valence-electron chi connectivity index (χ2n) is 5.90. The van der Waals surface area contributed by atoms with Crippen LogP contribution in [-0.4, -0.2) is 11.0 Å². The third kappa shape index (κ3) is 6.75. The zero-order valence-electron chi connectivity index (χ0n) is 15.3. The summed E-state index contributed by atoms with van der Waals surface area (Å²) in [6, 6.07) is 22.5. The minimum Gasteiger partial charge on any atom is -0.457 e. The number of carbonyl (C=O) groups is 1. The normalized spacial score (nSPS) is 10.4. The van der Waals surface area contributed by atoms with Crippen LogP contribution in [0, 0.1) is 5.82 Å². The van der Waals surface area contributed by atoms with Crippen LogP contribution in [0.2, 0.25) is 0 Å². The highest BCUT2D eigenvalue weighted by molar-refractivity contribution is 7.80. The van der Waals surface area contributed by atoms with Gasteiger partial charge in [0.25, 0.3) is 5.91 Å². The molecule has 0 spiro atoms. The molecule has 0 aromatic heterocycles. The van der Waals surface area contributed by atoms with Gasteiger partial charge in [0.15, 0.2) is 5.11 Å². The van der Waals surface area contributed by atoms with Crippen molar-refractivity contribution in [3.8, 4) is 11.5 Å². The van der Waals surface area contributed by atoms with Gasteiger partial charge in [-0.3, -0.25) is 15.6 Å². The third-order valence-electron chi connectivity index (χ3n) is 3.67. The molecule has 3 rings (SSSR count). The molecule has 3 aromatic carbocycles. The Hall–Kier alpha value is -3.71. The molecule has 0 aliphatic rings. The highest BCUT2D eigenvalue weighted by Crippen LogP contribution is 2.22. The van der Waals surface area contributed by atoms with Gasteiger partial charge in [-0.1, -0.05) is 30.3 Å². The lowest BCUT2D eigenvalue weighted by atomic mass is 10.2. The first-order chi connectivity index (χ1) is 14.1. The maximum atomic E-state index is 12.9. The van der Waals surface area contributed by atoms with Crippen LogP contribution in [0.5, 0.6) is 11.5 Å². The second kappa shape index (κ2) is 10.0. The molecule has 5 nitrogen and oxygen atoms in total. The molecule has 0 unspecified atom stereocenters. The van der Waals surface area contributed by atoms with E-state index in [1.165, 1.54) is 30.3 Å². The molecule has 0 atom stereocenters. The highest BCUT2D eigenvalue weighted by Gasteiger charge is 2.01. The number of hydrogen-bond donors (Lipinski definition) is 3. The van der Waals surface area contributed by atoms with E-state index < -0.39 is 0 Å². The maximum Gasteiger partial charge on any atom is 0.262 e. The van der Waals surface area contributed by atoms with E-state index in [0.29, 0.717) is 11.4 Å². The molecule has 1 amide bonds. The van der Waals surface area contributed by atoms with Gasteiger partial charge >= 0.3 is 0 Å². The van der Waals surface area contributed by atoms with Crippen LogP contribution < -0.4 is 20.9 Å². The van der Waals surface area contributed by atoms with Crippen molar-refractivity contribution in [3.63, 3.8) is 0 Å². The van der Waals surface area contributed by atoms with E-state index in [-0.39, 0.29) is 16.8 Å². The maximum absolute atomic E-state index is 12.9. The van der Waals surface area contributed by atoms with E-state index in [0.717, 1.165) is 11.3 Å². The zero-order chi connectivity index (χ0) is 20.5. The number of benzene rings is 3. The van der Waals surface area contributed by atoms with Gasteiger partial charge in [0.05, 0.1) is 0 Å². The minimum atomic E-state index is -0.386. The Morgan fingerprint density at radius 3 is 2.38 bits per heavy atom. The first-order valence-corrected chi connectivity index (χ1v) is 9.13. The van der Waals surface area contributed by atoms with Crippen molar-refractivity contribution in [3.05, 3.63) is 96.3 Å². The predicted octanol–water partition coefficient (Wildman–Crippen LogP) is 4.65. The van der Waals surface area contributed by atoms with E-state index in [4.69, 9.17) is 17.0 Å². The van der Waals surface area contributed by atoms with Crippen LogP contribution in [0.4, 0.5) is 10.1 Å². The van der Waals surface area contributed by atoms with Crippen molar-refractivity contribution in [1.29, 1.82) is 0 Å². The summed E-state index contributed by atoms with van der Waals surface area (Å²) in [5, 5.41) is 3.00. The van der Waals surface area contributed by atoms with Gasteiger partial charge in [-0.05, 0) is 72.4 Å². The summed E-state index contributed by atoms with van der Waals surface area (Å²) in [5.41, 5.74) is 6.44. The summed E-state index contributed by atoms with van der Waals surface area (Å²) in [5.74, 6) is 0.674. The largest absolute Gasteiger partial charge is 0.457 e. The van der Waals surface area contributed by atoms with Gasteiger partial charge < -0.3 is 10.1 Å². The molecule has 3 N–H and O–H groups in total. The van der Waals surface area contributed by atoms with Crippen molar-refractivity contribution in [1.82, 2.24) is 10.9 Å². The Balaban J connectivity index is 1.49. The minimum absolute atomic E-state index is 0.177. The first-order valence-electron chi connectivity index (χ1n) is 8.72. The van der Waals surface area contributed by atoms with Crippen molar-refractivity contribution in [2.75, 3.05) is 5.32 Å². The monoisotopic (exact) mass is 407 g/mol. The Bertz CT molecular complexity index is 1010. The Labute approximate surface area is 173 Å². The number of hydrogen-bond acceptors (Lipinski definition) is 3. The molecule has 7 heteroatoms.